The molecular formula is C32H41N5O2. The number of nitrogens with zero attached hydrogens (tertiary/aromatic N) is 2. The number of pyridine rings is 1. The van der Waals surface area contributed by atoms with Crippen molar-refractivity contribution in [2.45, 2.75) is 76.5 Å². The molecule has 7 heteroatoms. The molecule has 39 heavy (non-hydrogen) atoms. The van der Waals surface area contributed by atoms with Crippen molar-refractivity contribution in [3.8, 4) is 0 Å². The van der Waals surface area contributed by atoms with Crippen LogP contribution in [0.25, 0.3) is 0 Å². The minimum Gasteiger partial charge on any atom is -0.483 e. The van der Waals surface area contributed by atoms with E-state index in [1.54, 1.807) is 0 Å². The highest BCUT2D eigenvalue weighted by molar-refractivity contribution is 5.59. The van der Waals surface area contributed by atoms with E-state index in [4.69, 9.17) is 4.74 Å². The molecule has 7 rings (SSSR count). The van der Waals surface area contributed by atoms with Gasteiger partial charge in [0.25, 0.3) is 0 Å². The summed E-state index contributed by atoms with van der Waals surface area (Å²) >= 11 is 0. The van der Waals surface area contributed by atoms with Gasteiger partial charge in [0.2, 0.25) is 0 Å². The van der Waals surface area contributed by atoms with E-state index in [-0.39, 0.29) is 11.0 Å². The topological polar surface area (TPSA) is 81.7 Å². The smallest absolute Gasteiger partial charge is 0.141 e. The van der Waals surface area contributed by atoms with Crippen LogP contribution in [0.5, 0.6) is 0 Å². The Bertz CT molecular complexity index is 1310. The normalized spacial score (nSPS) is 28.1. The highest BCUT2D eigenvalue weighted by atomic mass is 16.5. The van der Waals surface area contributed by atoms with Gasteiger partial charge >= 0.3 is 0 Å². The molecule has 1 aromatic rings. The number of aromatic nitrogens is 1. The third kappa shape index (κ3) is 4.49. The fourth-order valence-electron chi connectivity index (χ4n) is 7.35. The lowest BCUT2D eigenvalue weighted by Gasteiger charge is -2.48. The second kappa shape index (κ2) is 9.56. The summed E-state index contributed by atoms with van der Waals surface area (Å²) in [7, 11) is 0. The highest BCUT2D eigenvalue weighted by Crippen LogP contribution is 2.42. The molecule has 0 saturated carbocycles. The first-order valence-electron chi connectivity index (χ1n) is 14.8. The Labute approximate surface area is 231 Å². The third-order valence-electron chi connectivity index (χ3n) is 9.59. The van der Waals surface area contributed by atoms with Gasteiger partial charge in [0.1, 0.15) is 11.4 Å². The zero-order chi connectivity index (χ0) is 26.6. The Hall–Kier alpha value is -3.03. The van der Waals surface area contributed by atoms with E-state index in [1.165, 1.54) is 22.5 Å². The largest absolute Gasteiger partial charge is 0.483 e. The summed E-state index contributed by atoms with van der Waals surface area (Å²) < 4.78 is 6.89. The van der Waals surface area contributed by atoms with E-state index in [0.717, 1.165) is 93.8 Å². The minimum absolute atomic E-state index is 0.126. The number of aliphatic hydroxyl groups excluding tert-OH is 1. The SMILES string of the molecule is CC1(C)C=CC=C2C(CCN3CC4(CCNCC4)OC4=C3CCC(Nc3ccnc5c3CCC5O)=C4)=CNC21. The van der Waals surface area contributed by atoms with Crippen molar-refractivity contribution in [1.29, 1.82) is 0 Å². The van der Waals surface area contributed by atoms with Crippen LogP contribution in [0.2, 0.25) is 0 Å². The van der Waals surface area contributed by atoms with E-state index >= 15 is 0 Å². The van der Waals surface area contributed by atoms with Gasteiger partial charge in [-0.1, -0.05) is 32.1 Å². The van der Waals surface area contributed by atoms with E-state index in [2.05, 4.69) is 70.2 Å². The molecule has 0 aromatic carbocycles. The summed E-state index contributed by atoms with van der Waals surface area (Å²) in [5.74, 6) is 1.04. The number of hydrogen-bond donors (Lipinski definition) is 4. The van der Waals surface area contributed by atoms with Crippen molar-refractivity contribution in [3.63, 3.8) is 0 Å². The molecule has 1 saturated heterocycles. The van der Waals surface area contributed by atoms with Gasteiger partial charge < -0.3 is 30.7 Å². The molecule has 0 amide bonds. The second-order valence-corrected chi connectivity index (χ2v) is 12.7. The lowest BCUT2D eigenvalue weighted by Crippen LogP contribution is -2.54. The summed E-state index contributed by atoms with van der Waals surface area (Å²) in [5.41, 5.74) is 8.46. The summed E-state index contributed by atoms with van der Waals surface area (Å²) in [4.78, 5) is 7.08. The van der Waals surface area contributed by atoms with Gasteiger partial charge in [0.05, 0.1) is 30.1 Å². The van der Waals surface area contributed by atoms with Gasteiger partial charge in [-0.25, -0.2) is 0 Å². The summed E-state index contributed by atoms with van der Waals surface area (Å²) in [6, 6.07) is 2.41. The van der Waals surface area contributed by atoms with Crippen LogP contribution in [0.1, 0.15) is 69.7 Å². The molecule has 2 unspecified atom stereocenters. The average Bonchev–Trinajstić information content (AvgIpc) is 3.52. The lowest BCUT2D eigenvalue weighted by atomic mass is 9.76. The number of allylic oxidation sites excluding steroid dienone is 5. The monoisotopic (exact) mass is 527 g/mol. The number of rotatable bonds is 5. The molecule has 3 aliphatic carbocycles. The number of nitrogens with one attached hydrogen (secondary N) is 3. The third-order valence-corrected chi connectivity index (χ3v) is 9.59. The number of fused-ring (bicyclic) bond motifs is 2. The van der Waals surface area contributed by atoms with E-state index in [9.17, 15) is 5.11 Å². The van der Waals surface area contributed by atoms with E-state index < -0.39 is 6.10 Å². The Morgan fingerprint density at radius 1 is 1.21 bits per heavy atom. The van der Waals surface area contributed by atoms with Crippen molar-refractivity contribution >= 4 is 5.69 Å². The summed E-state index contributed by atoms with van der Waals surface area (Å²) in [6.45, 7) is 8.60. The predicted molar refractivity (Wildman–Crippen MR) is 154 cm³/mol. The van der Waals surface area contributed by atoms with Crippen molar-refractivity contribution < 1.29 is 9.84 Å². The number of anilines is 1. The van der Waals surface area contributed by atoms with Crippen molar-refractivity contribution in [3.05, 3.63) is 82.3 Å². The quantitative estimate of drug-likeness (QED) is 0.446. The first kappa shape index (κ1) is 25.0. The molecule has 4 N–H and O–H groups in total. The fraction of sp³-hybridized carbons (Fsp3) is 0.531. The first-order chi connectivity index (χ1) is 18.9. The van der Waals surface area contributed by atoms with Gasteiger partial charge in [-0.05, 0) is 68.0 Å². The molecule has 3 aliphatic heterocycles. The zero-order valence-electron chi connectivity index (χ0n) is 23.2. The molecule has 6 aliphatic rings. The minimum atomic E-state index is -0.446. The van der Waals surface area contributed by atoms with Gasteiger partial charge in [0.15, 0.2) is 0 Å². The standard InChI is InChI=1S/C32H41N5O2/c1-31(2)11-3-4-23-21(19-35-30(23)31)10-17-37-20-32(12-15-33-16-13-32)39-28-18-22(5-7-26(28)37)36-25-9-14-34-29-24(25)6-8-27(29)38/h3-4,9,11,14,18-19,27,30,33,35,38H,5-8,10,12-13,15-17,20H2,1-2H3,(H,34,36). The molecule has 2 atom stereocenters. The summed E-state index contributed by atoms with van der Waals surface area (Å²) in [5, 5.41) is 21.2. The Balaban J connectivity index is 1.13. The van der Waals surface area contributed by atoms with Gasteiger partial charge in [-0.2, -0.15) is 0 Å². The van der Waals surface area contributed by atoms with Crippen molar-refractivity contribution in [2.75, 3.05) is 31.5 Å². The number of piperidine rings is 1. The van der Waals surface area contributed by atoms with Crippen LogP contribution < -0.4 is 16.0 Å². The summed E-state index contributed by atoms with van der Waals surface area (Å²) in [6.07, 6.45) is 19.3. The Kier molecular flexibility index (Phi) is 6.12. The maximum Gasteiger partial charge on any atom is 0.141 e. The van der Waals surface area contributed by atoms with E-state index in [0.29, 0.717) is 6.04 Å². The van der Waals surface area contributed by atoms with Crippen LogP contribution >= 0.6 is 0 Å². The zero-order valence-corrected chi connectivity index (χ0v) is 23.2. The molecule has 1 spiro atoms. The molecule has 7 nitrogen and oxygen atoms in total. The number of hydrogen-bond acceptors (Lipinski definition) is 7. The fourth-order valence-corrected chi connectivity index (χ4v) is 7.35. The maximum absolute atomic E-state index is 10.3. The second-order valence-electron chi connectivity index (χ2n) is 12.7. The van der Waals surface area contributed by atoms with Crippen LogP contribution in [0.15, 0.2) is 71.1 Å². The molecule has 0 radical (unpaired) electrons. The van der Waals surface area contributed by atoms with Gasteiger partial charge in [0, 0.05) is 54.7 Å². The molecule has 1 fully saturated rings. The van der Waals surface area contributed by atoms with E-state index in [1.807, 2.05) is 12.3 Å². The van der Waals surface area contributed by atoms with Crippen molar-refractivity contribution in [1.82, 2.24) is 20.5 Å². The Morgan fingerprint density at radius 3 is 2.95 bits per heavy atom. The molecular weight excluding hydrogens is 486 g/mol. The average molecular weight is 528 g/mol. The molecule has 4 heterocycles. The van der Waals surface area contributed by atoms with Crippen LogP contribution in [0.3, 0.4) is 0 Å². The number of ether oxygens (including phenoxy) is 1. The Morgan fingerprint density at radius 2 is 2.08 bits per heavy atom. The number of aliphatic hydroxyl groups is 1. The highest BCUT2D eigenvalue weighted by Gasteiger charge is 2.43. The molecule has 206 valence electrons. The van der Waals surface area contributed by atoms with Crippen LogP contribution in [-0.4, -0.2) is 52.8 Å². The maximum atomic E-state index is 10.3. The lowest BCUT2D eigenvalue weighted by molar-refractivity contribution is -0.0623. The predicted octanol–water partition coefficient (Wildman–Crippen LogP) is 4.59. The van der Waals surface area contributed by atoms with Gasteiger partial charge in [-0.3, -0.25) is 4.98 Å². The van der Waals surface area contributed by atoms with Crippen molar-refractivity contribution in [2.24, 2.45) is 5.41 Å². The first-order valence-corrected chi connectivity index (χ1v) is 14.8. The molecule has 0 bridgehead atoms. The van der Waals surface area contributed by atoms with Crippen LogP contribution in [0.4, 0.5) is 5.69 Å². The van der Waals surface area contributed by atoms with Crippen LogP contribution in [-0.2, 0) is 11.2 Å². The molecule has 1 aromatic heterocycles. The van der Waals surface area contributed by atoms with Gasteiger partial charge in [-0.15, -0.1) is 0 Å². The van der Waals surface area contributed by atoms with Crippen LogP contribution in [0, 0.1) is 5.41 Å².